The van der Waals surface area contributed by atoms with Crippen LogP contribution in [0.3, 0.4) is 0 Å². The molecule has 0 amide bonds. The summed E-state index contributed by atoms with van der Waals surface area (Å²) >= 11 is 0. The highest BCUT2D eigenvalue weighted by molar-refractivity contribution is 5.65. The first kappa shape index (κ1) is 19.1. The van der Waals surface area contributed by atoms with Gasteiger partial charge >= 0.3 is 5.97 Å². The Morgan fingerprint density at radius 1 is 1.07 bits per heavy atom. The number of carbonyl (C=O) groups is 1. The van der Waals surface area contributed by atoms with Crippen molar-refractivity contribution in [3.63, 3.8) is 0 Å². The lowest BCUT2D eigenvalue weighted by Crippen LogP contribution is -2.38. The standard InChI is InChI=1S/C22H24O5/c1-16(23)25-15-22-21(26-14-17-7-6-10-19(13-17)24-2)12-11-20(27-22)18-8-4-3-5-9-18/h3-13,20-22H,14-15H2,1-2H3/t20-,21-,22-/m0/s1. The van der Waals surface area contributed by atoms with Crippen LogP contribution in [0.25, 0.3) is 0 Å². The van der Waals surface area contributed by atoms with Gasteiger partial charge in [-0.05, 0) is 23.3 Å². The number of hydrogen-bond acceptors (Lipinski definition) is 5. The third-order valence-electron chi connectivity index (χ3n) is 4.32. The first-order valence-corrected chi connectivity index (χ1v) is 8.92. The highest BCUT2D eigenvalue weighted by Crippen LogP contribution is 2.28. The highest BCUT2D eigenvalue weighted by atomic mass is 16.6. The SMILES string of the molecule is COc1cccc(CO[C@H]2C=C[C@@H](c3ccccc3)O[C@H]2COC(C)=O)c1. The van der Waals surface area contributed by atoms with Crippen molar-refractivity contribution < 1.29 is 23.7 Å². The molecule has 0 fully saturated rings. The quantitative estimate of drug-likeness (QED) is 0.549. The fourth-order valence-corrected chi connectivity index (χ4v) is 2.93. The van der Waals surface area contributed by atoms with Gasteiger partial charge in [-0.15, -0.1) is 0 Å². The van der Waals surface area contributed by atoms with Crippen LogP contribution >= 0.6 is 0 Å². The minimum absolute atomic E-state index is 0.145. The molecule has 0 aliphatic carbocycles. The van der Waals surface area contributed by atoms with Gasteiger partial charge in [-0.1, -0.05) is 54.6 Å². The molecule has 0 spiro atoms. The van der Waals surface area contributed by atoms with E-state index in [0.717, 1.165) is 16.9 Å². The van der Waals surface area contributed by atoms with Gasteiger partial charge in [-0.2, -0.15) is 0 Å². The van der Waals surface area contributed by atoms with E-state index in [9.17, 15) is 4.79 Å². The summed E-state index contributed by atoms with van der Waals surface area (Å²) < 4.78 is 22.6. The lowest BCUT2D eigenvalue weighted by molar-refractivity contribution is -0.154. The molecule has 3 rings (SSSR count). The second-order valence-electron chi connectivity index (χ2n) is 6.32. The molecule has 5 nitrogen and oxygen atoms in total. The van der Waals surface area contributed by atoms with Gasteiger partial charge in [0.1, 0.15) is 30.7 Å². The summed E-state index contributed by atoms with van der Waals surface area (Å²) in [6.07, 6.45) is 3.08. The summed E-state index contributed by atoms with van der Waals surface area (Å²) in [6, 6.07) is 17.6. The van der Waals surface area contributed by atoms with E-state index in [1.807, 2.05) is 66.7 Å². The maximum Gasteiger partial charge on any atom is 0.302 e. The van der Waals surface area contributed by atoms with Crippen LogP contribution in [0, 0.1) is 0 Å². The van der Waals surface area contributed by atoms with Crippen molar-refractivity contribution >= 4 is 5.97 Å². The Labute approximate surface area is 159 Å². The van der Waals surface area contributed by atoms with Crippen LogP contribution in [-0.4, -0.2) is 31.9 Å². The molecule has 2 aromatic carbocycles. The molecular weight excluding hydrogens is 344 g/mol. The first-order chi connectivity index (χ1) is 13.2. The molecule has 0 unspecified atom stereocenters. The summed E-state index contributed by atoms with van der Waals surface area (Å²) in [5.41, 5.74) is 2.05. The third-order valence-corrected chi connectivity index (χ3v) is 4.32. The van der Waals surface area contributed by atoms with E-state index >= 15 is 0 Å². The molecule has 27 heavy (non-hydrogen) atoms. The van der Waals surface area contributed by atoms with E-state index < -0.39 is 0 Å². The highest BCUT2D eigenvalue weighted by Gasteiger charge is 2.29. The summed E-state index contributed by atoms with van der Waals surface area (Å²) in [7, 11) is 1.64. The van der Waals surface area contributed by atoms with Crippen LogP contribution in [0.5, 0.6) is 5.75 Å². The Balaban J connectivity index is 1.69. The second-order valence-corrected chi connectivity index (χ2v) is 6.32. The van der Waals surface area contributed by atoms with Gasteiger partial charge in [-0.3, -0.25) is 4.79 Å². The maximum atomic E-state index is 11.2. The topological polar surface area (TPSA) is 54.0 Å². The molecule has 5 heteroatoms. The largest absolute Gasteiger partial charge is 0.497 e. The van der Waals surface area contributed by atoms with Crippen molar-refractivity contribution in [2.75, 3.05) is 13.7 Å². The summed E-state index contributed by atoms with van der Waals surface area (Å²) in [4.78, 5) is 11.2. The van der Waals surface area contributed by atoms with E-state index in [1.54, 1.807) is 7.11 Å². The molecule has 0 saturated heterocycles. The molecule has 1 heterocycles. The number of carbonyl (C=O) groups excluding carboxylic acids is 1. The van der Waals surface area contributed by atoms with E-state index in [-0.39, 0.29) is 30.9 Å². The fraction of sp³-hybridized carbons (Fsp3) is 0.318. The van der Waals surface area contributed by atoms with Crippen molar-refractivity contribution in [2.24, 2.45) is 0 Å². The summed E-state index contributed by atoms with van der Waals surface area (Å²) in [6.45, 7) is 1.94. The zero-order valence-electron chi connectivity index (χ0n) is 15.5. The van der Waals surface area contributed by atoms with Gasteiger partial charge in [0, 0.05) is 6.92 Å². The van der Waals surface area contributed by atoms with Crippen LogP contribution in [0.2, 0.25) is 0 Å². The van der Waals surface area contributed by atoms with Gasteiger partial charge in [-0.25, -0.2) is 0 Å². The van der Waals surface area contributed by atoms with Crippen molar-refractivity contribution in [3.05, 3.63) is 77.9 Å². The van der Waals surface area contributed by atoms with Gasteiger partial charge < -0.3 is 18.9 Å². The lowest BCUT2D eigenvalue weighted by Gasteiger charge is -2.32. The van der Waals surface area contributed by atoms with Gasteiger partial charge in [0.2, 0.25) is 0 Å². The number of rotatable bonds is 7. The Morgan fingerprint density at radius 2 is 1.89 bits per heavy atom. The van der Waals surface area contributed by atoms with Crippen LogP contribution in [0.1, 0.15) is 24.2 Å². The van der Waals surface area contributed by atoms with Crippen molar-refractivity contribution in [3.8, 4) is 5.75 Å². The van der Waals surface area contributed by atoms with Gasteiger partial charge in [0.15, 0.2) is 0 Å². The van der Waals surface area contributed by atoms with Crippen LogP contribution in [0.15, 0.2) is 66.7 Å². The van der Waals surface area contributed by atoms with Crippen molar-refractivity contribution in [2.45, 2.75) is 31.8 Å². The van der Waals surface area contributed by atoms with E-state index in [0.29, 0.717) is 6.61 Å². The number of ether oxygens (including phenoxy) is 4. The Hall–Kier alpha value is -2.63. The normalized spacial score (nSPS) is 21.6. The summed E-state index contributed by atoms with van der Waals surface area (Å²) in [5.74, 6) is 0.447. The zero-order valence-corrected chi connectivity index (χ0v) is 15.5. The molecule has 0 bridgehead atoms. The molecule has 1 aliphatic heterocycles. The monoisotopic (exact) mass is 368 g/mol. The van der Waals surface area contributed by atoms with Crippen LogP contribution < -0.4 is 4.74 Å². The molecule has 0 N–H and O–H groups in total. The number of hydrogen-bond donors (Lipinski definition) is 0. The molecule has 0 aromatic heterocycles. The zero-order chi connectivity index (χ0) is 19.1. The van der Waals surface area contributed by atoms with Crippen LogP contribution in [-0.2, 0) is 25.6 Å². The average molecular weight is 368 g/mol. The third kappa shape index (κ3) is 5.42. The van der Waals surface area contributed by atoms with Gasteiger partial charge in [0.05, 0.1) is 13.7 Å². The van der Waals surface area contributed by atoms with Crippen LogP contribution in [0.4, 0.5) is 0 Å². The second kappa shape index (κ2) is 9.35. The maximum absolute atomic E-state index is 11.2. The fourth-order valence-electron chi connectivity index (χ4n) is 2.93. The number of methoxy groups -OCH3 is 1. The van der Waals surface area contributed by atoms with E-state index in [4.69, 9.17) is 18.9 Å². The first-order valence-electron chi connectivity index (χ1n) is 8.92. The van der Waals surface area contributed by atoms with Gasteiger partial charge in [0.25, 0.3) is 0 Å². The molecule has 2 aromatic rings. The molecular formula is C22H24O5. The predicted octanol–water partition coefficient (Wildman–Crippen LogP) is 3.84. The molecule has 3 atom stereocenters. The number of esters is 1. The molecule has 142 valence electrons. The molecule has 1 aliphatic rings. The predicted molar refractivity (Wildman–Crippen MR) is 101 cm³/mol. The Bertz CT molecular complexity index is 771. The Morgan fingerprint density at radius 3 is 2.63 bits per heavy atom. The lowest BCUT2D eigenvalue weighted by atomic mass is 10.0. The molecule has 0 saturated carbocycles. The molecule has 0 radical (unpaired) electrons. The van der Waals surface area contributed by atoms with Crippen molar-refractivity contribution in [1.29, 1.82) is 0 Å². The number of benzene rings is 2. The minimum Gasteiger partial charge on any atom is -0.497 e. The average Bonchev–Trinajstić information content (AvgIpc) is 2.71. The smallest absolute Gasteiger partial charge is 0.302 e. The minimum atomic E-state index is -0.380. The van der Waals surface area contributed by atoms with E-state index in [2.05, 4.69) is 0 Å². The Kier molecular flexibility index (Phi) is 6.63. The summed E-state index contributed by atoms with van der Waals surface area (Å²) in [5, 5.41) is 0. The van der Waals surface area contributed by atoms with Crippen molar-refractivity contribution in [1.82, 2.24) is 0 Å². The van der Waals surface area contributed by atoms with E-state index in [1.165, 1.54) is 6.92 Å².